The standard InChI is InChI=1S/C24H28N6O5/c1-4-14-9-18(29(3)28-14)23(33)27-15-10-19(22(32)26-11-21(31)25-2)30(12-15)24(34)17-13-35-20-8-6-5-7-16(17)20/h5-9,13,15,19H,4,10-12H2,1-3H3,(H,25,31)(H,26,32)(H,27,33)/t15-,19+/m1/s1. The number of hydrogen-bond donors (Lipinski definition) is 3. The minimum atomic E-state index is -0.871. The normalized spacial score (nSPS) is 17.4. The topological polar surface area (TPSA) is 139 Å². The van der Waals surface area contributed by atoms with Gasteiger partial charge < -0.3 is 25.3 Å². The third-order valence-corrected chi connectivity index (χ3v) is 6.14. The number of likely N-dealkylation sites (tertiary alicyclic amines) is 1. The Hall–Kier alpha value is -4.15. The summed E-state index contributed by atoms with van der Waals surface area (Å²) in [6, 6.07) is 7.51. The highest BCUT2D eigenvalue weighted by Gasteiger charge is 2.41. The maximum atomic E-state index is 13.5. The second-order valence-corrected chi connectivity index (χ2v) is 8.41. The smallest absolute Gasteiger partial charge is 0.269 e. The van der Waals surface area contributed by atoms with Gasteiger partial charge in [-0.1, -0.05) is 25.1 Å². The van der Waals surface area contributed by atoms with Gasteiger partial charge in [0.1, 0.15) is 23.6 Å². The Labute approximate surface area is 201 Å². The molecule has 0 aliphatic carbocycles. The van der Waals surface area contributed by atoms with Crippen molar-refractivity contribution in [1.82, 2.24) is 30.6 Å². The summed E-state index contributed by atoms with van der Waals surface area (Å²) in [7, 11) is 3.16. The van der Waals surface area contributed by atoms with Gasteiger partial charge >= 0.3 is 0 Å². The van der Waals surface area contributed by atoms with Gasteiger partial charge in [0.15, 0.2) is 0 Å². The molecule has 0 bridgehead atoms. The molecule has 4 rings (SSSR count). The fourth-order valence-corrected chi connectivity index (χ4v) is 4.26. The van der Waals surface area contributed by atoms with E-state index < -0.39 is 18.0 Å². The number of rotatable bonds is 7. The monoisotopic (exact) mass is 480 g/mol. The molecule has 3 heterocycles. The van der Waals surface area contributed by atoms with E-state index in [1.54, 1.807) is 37.4 Å². The third kappa shape index (κ3) is 4.88. The molecule has 1 aliphatic rings. The molecule has 0 radical (unpaired) electrons. The van der Waals surface area contributed by atoms with E-state index in [1.807, 2.05) is 6.92 Å². The minimum Gasteiger partial charge on any atom is -0.463 e. The van der Waals surface area contributed by atoms with Crippen LogP contribution in [-0.4, -0.2) is 70.5 Å². The summed E-state index contributed by atoms with van der Waals surface area (Å²) in [5, 5.41) is 12.9. The number of para-hydroxylation sites is 1. The third-order valence-electron chi connectivity index (χ3n) is 6.14. The van der Waals surface area contributed by atoms with Crippen LogP contribution in [-0.2, 0) is 23.1 Å². The Kier molecular flexibility index (Phi) is 6.85. The van der Waals surface area contributed by atoms with Gasteiger partial charge in [-0.2, -0.15) is 5.10 Å². The van der Waals surface area contributed by atoms with E-state index in [-0.39, 0.29) is 37.2 Å². The van der Waals surface area contributed by atoms with Crippen molar-refractivity contribution in [2.45, 2.75) is 31.8 Å². The zero-order valence-electron chi connectivity index (χ0n) is 19.8. The fraction of sp³-hybridized carbons (Fsp3) is 0.375. The van der Waals surface area contributed by atoms with E-state index in [2.05, 4.69) is 21.0 Å². The van der Waals surface area contributed by atoms with Crippen molar-refractivity contribution in [3.05, 3.63) is 53.5 Å². The van der Waals surface area contributed by atoms with E-state index in [1.165, 1.54) is 22.9 Å². The molecule has 1 saturated heterocycles. The highest BCUT2D eigenvalue weighted by atomic mass is 16.3. The van der Waals surface area contributed by atoms with Crippen LogP contribution in [0.2, 0.25) is 0 Å². The highest BCUT2D eigenvalue weighted by molar-refractivity contribution is 6.07. The molecule has 1 aromatic carbocycles. The first-order valence-electron chi connectivity index (χ1n) is 11.4. The number of likely N-dealkylation sites (N-methyl/N-ethyl adjacent to an activating group) is 1. The highest BCUT2D eigenvalue weighted by Crippen LogP contribution is 2.27. The van der Waals surface area contributed by atoms with Gasteiger partial charge in [0.25, 0.3) is 11.8 Å². The number of benzene rings is 1. The Balaban J connectivity index is 1.56. The Morgan fingerprint density at radius 3 is 2.69 bits per heavy atom. The molecule has 11 nitrogen and oxygen atoms in total. The minimum absolute atomic E-state index is 0.126. The van der Waals surface area contributed by atoms with Crippen molar-refractivity contribution in [3.63, 3.8) is 0 Å². The molecule has 1 aliphatic heterocycles. The quantitative estimate of drug-likeness (QED) is 0.453. The van der Waals surface area contributed by atoms with Gasteiger partial charge in [0.05, 0.1) is 17.8 Å². The summed E-state index contributed by atoms with van der Waals surface area (Å²) >= 11 is 0. The van der Waals surface area contributed by atoms with Gasteiger partial charge in [-0.05, 0) is 25.0 Å². The van der Waals surface area contributed by atoms with Gasteiger partial charge in [-0.25, -0.2) is 0 Å². The molecule has 35 heavy (non-hydrogen) atoms. The number of aryl methyl sites for hydroxylation is 2. The number of amides is 4. The molecular weight excluding hydrogens is 452 g/mol. The van der Waals surface area contributed by atoms with Crippen LogP contribution in [0, 0.1) is 0 Å². The number of furan rings is 1. The number of aromatic nitrogens is 2. The zero-order valence-corrected chi connectivity index (χ0v) is 19.8. The van der Waals surface area contributed by atoms with E-state index >= 15 is 0 Å². The Morgan fingerprint density at radius 1 is 1.20 bits per heavy atom. The van der Waals surface area contributed by atoms with Crippen molar-refractivity contribution in [2.24, 2.45) is 7.05 Å². The molecule has 1 fully saturated rings. The Bertz CT molecular complexity index is 1280. The lowest BCUT2D eigenvalue weighted by atomic mass is 10.1. The maximum absolute atomic E-state index is 13.5. The predicted molar refractivity (Wildman–Crippen MR) is 127 cm³/mol. The molecule has 4 amide bonds. The molecule has 0 saturated carbocycles. The first-order chi connectivity index (χ1) is 16.8. The van der Waals surface area contributed by atoms with Gasteiger partial charge in [0.2, 0.25) is 11.8 Å². The number of hydrogen-bond acceptors (Lipinski definition) is 6. The molecule has 0 unspecified atom stereocenters. The van der Waals surface area contributed by atoms with E-state index in [4.69, 9.17) is 4.42 Å². The second kappa shape index (κ2) is 10.00. The van der Waals surface area contributed by atoms with Crippen LogP contribution in [0.1, 0.15) is 39.9 Å². The lowest BCUT2D eigenvalue weighted by Crippen LogP contribution is -2.48. The molecule has 3 aromatic rings. The molecule has 2 atom stereocenters. The van der Waals surface area contributed by atoms with Crippen LogP contribution in [0.4, 0.5) is 0 Å². The number of nitrogens with one attached hydrogen (secondary N) is 3. The average molecular weight is 481 g/mol. The first kappa shape index (κ1) is 24.0. The summed E-state index contributed by atoms with van der Waals surface area (Å²) in [6.45, 7) is 1.86. The molecule has 3 N–H and O–H groups in total. The van der Waals surface area contributed by atoms with E-state index in [9.17, 15) is 19.2 Å². The second-order valence-electron chi connectivity index (χ2n) is 8.41. The van der Waals surface area contributed by atoms with Gasteiger partial charge in [-0.3, -0.25) is 23.9 Å². The van der Waals surface area contributed by atoms with Crippen LogP contribution >= 0.6 is 0 Å². The largest absolute Gasteiger partial charge is 0.463 e. The Morgan fingerprint density at radius 2 is 1.97 bits per heavy atom. The summed E-state index contributed by atoms with van der Waals surface area (Å²) in [6.07, 6.45) is 2.27. The summed E-state index contributed by atoms with van der Waals surface area (Å²) in [5.41, 5.74) is 2.08. The molecule has 11 heteroatoms. The van der Waals surface area contributed by atoms with E-state index in [0.29, 0.717) is 28.6 Å². The van der Waals surface area contributed by atoms with Crippen molar-refractivity contribution in [1.29, 1.82) is 0 Å². The molecule has 184 valence electrons. The lowest BCUT2D eigenvalue weighted by Gasteiger charge is -2.23. The van der Waals surface area contributed by atoms with Crippen molar-refractivity contribution in [2.75, 3.05) is 20.1 Å². The van der Waals surface area contributed by atoms with Gasteiger partial charge in [0, 0.05) is 32.1 Å². The summed E-state index contributed by atoms with van der Waals surface area (Å²) in [5.74, 6) is -1.55. The first-order valence-corrected chi connectivity index (χ1v) is 11.4. The summed E-state index contributed by atoms with van der Waals surface area (Å²) in [4.78, 5) is 52.4. The van der Waals surface area contributed by atoms with Crippen LogP contribution in [0.3, 0.4) is 0 Å². The van der Waals surface area contributed by atoms with Crippen LogP contribution in [0.15, 0.2) is 41.0 Å². The van der Waals surface area contributed by atoms with Crippen molar-refractivity contribution in [3.8, 4) is 0 Å². The molecule has 0 spiro atoms. The number of fused-ring (bicyclic) bond motifs is 1. The van der Waals surface area contributed by atoms with Crippen LogP contribution < -0.4 is 16.0 Å². The van der Waals surface area contributed by atoms with Crippen molar-refractivity contribution < 1.29 is 23.6 Å². The molecular formula is C24H28N6O5. The average Bonchev–Trinajstić information content (AvgIpc) is 3.58. The maximum Gasteiger partial charge on any atom is 0.269 e. The molecule has 2 aromatic heterocycles. The van der Waals surface area contributed by atoms with Gasteiger partial charge in [-0.15, -0.1) is 0 Å². The zero-order chi connectivity index (χ0) is 25.1. The van der Waals surface area contributed by atoms with E-state index in [0.717, 1.165) is 5.69 Å². The number of carbonyl (C=O) groups is 4. The predicted octanol–water partition coefficient (Wildman–Crippen LogP) is 0.604. The summed E-state index contributed by atoms with van der Waals surface area (Å²) < 4.78 is 7.03. The SMILES string of the molecule is CCc1cc(C(=O)N[C@@H]2C[C@@H](C(=O)NCC(=O)NC)N(C(=O)c3coc4ccccc34)C2)n(C)n1. The fourth-order valence-electron chi connectivity index (χ4n) is 4.26. The lowest BCUT2D eigenvalue weighted by molar-refractivity contribution is -0.128. The van der Waals surface area contributed by atoms with Crippen LogP contribution in [0.5, 0.6) is 0 Å². The number of nitrogens with zero attached hydrogens (tertiary/aromatic N) is 3. The van der Waals surface area contributed by atoms with Crippen molar-refractivity contribution >= 4 is 34.6 Å². The van der Waals surface area contributed by atoms with Crippen LogP contribution in [0.25, 0.3) is 11.0 Å². The number of carbonyl (C=O) groups excluding carboxylic acids is 4.